The minimum absolute atomic E-state index is 0.212. The number of carbonyl (C=O) groups is 1. The van der Waals surface area contributed by atoms with Crippen LogP contribution in [-0.2, 0) is 11.3 Å². The van der Waals surface area contributed by atoms with Gasteiger partial charge in [-0.25, -0.2) is 0 Å². The Morgan fingerprint density at radius 1 is 1.11 bits per heavy atom. The molecular formula is C22H24N2O3. The molecule has 3 aromatic rings. The van der Waals surface area contributed by atoms with E-state index in [1.165, 1.54) is 0 Å². The van der Waals surface area contributed by atoms with Crippen LogP contribution in [-0.4, -0.2) is 37.1 Å². The molecule has 0 saturated carbocycles. The lowest BCUT2D eigenvalue weighted by Gasteiger charge is -2.27. The molecule has 1 saturated heterocycles. The summed E-state index contributed by atoms with van der Waals surface area (Å²) in [5.41, 5.74) is 4.68. The summed E-state index contributed by atoms with van der Waals surface area (Å²) in [7, 11) is 0. The summed E-state index contributed by atoms with van der Waals surface area (Å²) in [4.78, 5) is 15.2. The molecule has 5 heteroatoms. The molecule has 0 bridgehead atoms. The van der Waals surface area contributed by atoms with Crippen molar-refractivity contribution in [3.63, 3.8) is 0 Å². The highest BCUT2D eigenvalue weighted by atomic mass is 16.5. The molecule has 2 aromatic carbocycles. The molecule has 1 aliphatic rings. The summed E-state index contributed by atoms with van der Waals surface area (Å²) >= 11 is 0. The Morgan fingerprint density at radius 3 is 2.70 bits per heavy atom. The topological polar surface area (TPSA) is 54.7 Å². The minimum Gasteiger partial charge on any atom is -0.451 e. The standard InChI is InChI=1S/C22H24N2O3/c1-15-7-8-20-18(13-15)16(2)21(27-20)22(25)23-19-6-4-3-5-17(19)14-24-9-11-26-12-10-24/h3-8,13H,9-12,14H2,1-2H3,(H,23,25). The first-order valence-corrected chi connectivity index (χ1v) is 9.31. The predicted octanol–water partition coefficient (Wildman–Crippen LogP) is 4.13. The van der Waals surface area contributed by atoms with E-state index in [4.69, 9.17) is 9.15 Å². The zero-order chi connectivity index (χ0) is 18.8. The predicted molar refractivity (Wildman–Crippen MR) is 106 cm³/mol. The summed E-state index contributed by atoms with van der Waals surface area (Å²) in [6, 6.07) is 13.9. The molecule has 4 rings (SSSR count). The first kappa shape index (κ1) is 17.8. The normalized spacial score (nSPS) is 15.2. The third-order valence-electron chi connectivity index (χ3n) is 5.06. The van der Waals surface area contributed by atoms with Crippen LogP contribution in [0.3, 0.4) is 0 Å². The van der Waals surface area contributed by atoms with Crippen molar-refractivity contribution < 1.29 is 13.9 Å². The van der Waals surface area contributed by atoms with E-state index in [-0.39, 0.29) is 5.91 Å². The Balaban J connectivity index is 1.57. The molecule has 0 radical (unpaired) electrons. The van der Waals surface area contributed by atoms with Crippen molar-refractivity contribution in [2.24, 2.45) is 0 Å². The Kier molecular flexibility index (Phi) is 4.97. The van der Waals surface area contributed by atoms with Crippen molar-refractivity contribution in [2.45, 2.75) is 20.4 Å². The fourth-order valence-corrected chi connectivity index (χ4v) is 3.51. The van der Waals surface area contributed by atoms with Crippen LogP contribution in [0.5, 0.6) is 0 Å². The molecular weight excluding hydrogens is 340 g/mol. The van der Waals surface area contributed by atoms with E-state index >= 15 is 0 Å². The van der Waals surface area contributed by atoms with Gasteiger partial charge in [0.25, 0.3) is 5.91 Å². The zero-order valence-electron chi connectivity index (χ0n) is 15.7. The first-order valence-electron chi connectivity index (χ1n) is 9.31. The van der Waals surface area contributed by atoms with Crippen LogP contribution in [0.25, 0.3) is 11.0 Å². The number of benzene rings is 2. The molecule has 27 heavy (non-hydrogen) atoms. The second-order valence-electron chi connectivity index (χ2n) is 7.06. The van der Waals surface area contributed by atoms with Gasteiger partial charge in [0.1, 0.15) is 5.58 Å². The number of hydrogen-bond acceptors (Lipinski definition) is 4. The van der Waals surface area contributed by atoms with Gasteiger partial charge in [0.05, 0.1) is 13.2 Å². The number of anilines is 1. The van der Waals surface area contributed by atoms with Crippen LogP contribution in [0.2, 0.25) is 0 Å². The molecule has 1 N–H and O–H groups in total. The molecule has 5 nitrogen and oxygen atoms in total. The Bertz CT molecular complexity index is 971. The number of carbonyl (C=O) groups excluding carboxylic acids is 1. The number of rotatable bonds is 4. The van der Waals surface area contributed by atoms with Crippen molar-refractivity contribution in [1.29, 1.82) is 0 Å². The number of morpholine rings is 1. The maximum Gasteiger partial charge on any atom is 0.291 e. The van der Waals surface area contributed by atoms with Gasteiger partial charge in [-0.15, -0.1) is 0 Å². The number of para-hydroxylation sites is 1. The highest BCUT2D eigenvalue weighted by Gasteiger charge is 2.19. The van der Waals surface area contributed by atoms with Crippen LogP contribution in [0, 0.1) is 13.8 Å². The van der Waals surface area contributed by atoms with Gasteiger partial charge in [-0.1, -0.05) is 29.8 Å². The average Bonchev–Trinajstić information content (AvgIpc) is 3.00. The molecule has 1 aliphatic heterocycles. The van der Waals surface area contributed by atoms with E-state index in [0.717, 1.165) is 66.2 Å². The molecule has 1 aromatic heterocycles. The van der Waals surface area contributed by atoms with Crippen LogP contribution in [0.15, 0.2) is 46.9 Å². The van der Waals surface area contributed by atoms with Gasteiger partial charge in [0.2, 0.25) is 0 Å². The van der Waals surface area contributed by atoms with E-state index in [1.54, 1.807) is 0 Å². The molecule has 0 spiro atoms. The SMILES string of the molecule is Cc1ccc2oc(C(=O)Nc3ccccc3CN3CCOCC3)c(C)c2c1. The van der Waals surface area contributed by atoms with Crippen molar-refractivity contribution in [1.82, 2.24) is 4.90 Å². The van der Waals surface area contributed by atoms with Crippen molar-refractivity contribution >= 4 is 22.6 Å². The maximum absolute atomic E-state index is 12.9. The van der Waals surface area contributed by atoms with Gasteiger partial charge >= 0.3 is 0 Å². The van der Waals surface area contributed by atoms with Gasteiger partial charge in [-0.05, 0) is 37.6 Å². The number of ether oxygens (including phenoxy) is 1. The van der Waals surface area contributed by atoms with Crippen molar-refractivity contribution in [2.75, 3.05) is 31.6 Å². The van der Waals surface area contributed by atoms with E-state index < -0.39 is 0 Å². The highest BCUT2D eigenvalue weighted by Crippen LogP contribution is 2.27. The lowest BCUT2D eigenvalue weighted by molar-refractivity contribution is 0.0342. The number of nitrogens with zero attached hydrogens (tertiary/aromatic N) is 1. The Hall–Kier alpha value is -2.63. The Morgan fingerprint density at radius 2 is 1.89 bits per heavy atom. The van der Waals surface area contributed by atoms with Crippen molar-refractivity contribution in [3.8, 4) is 0 Å². The maximum atomic E-state index is 12.9. The number of nitrogens with one attached hydrogen (secondary N) is 1. The quantitative estimate of drug-likeness (QED) is 0.756. The van der Waals surface area contributed by atoms with Gasteiger partial charge < -0.3 is 14.5 Å². The first-order chi connectivity index (χ1) is 13.1. The van der Waals surface area contributed by atoms with E-state index in [1.807, 2.05) is 44.2 Å². The minimum atomic E-state index is -0.212. The Labute approximate surface area is 158 Å². The van der Waals surface area contributed by atoms with Gasteiger partial charge in [0, 0.05) is 36.3 Å². The second-order valence-corrected chi connectivity index (χ2v) is 7.06. The van der Waals surface area contributed by atoms with Crippen LogP contribution < -0.4 is 5.32 Å². The van der Waals surface area contributed by atoms with Crippen LogP contribution >= 0.6 is 0 Å². The number of aryl methyl sites for hydroxylation is 2. The van der Waals surface area contributed by atoms with Crippen molar-refractivity contribution in [3.05, 3.63) is 64.9 Å². The third kappa shape index (κ3) is 3.75. The lowest BCUT2D eigenvalue weighted by atomic mass is 10.1. The lowest BCUT2D eigenvalue weighted by Crippen LogP contribution is -2.35. The summed E-state index contributed by atoms with van der Waals surface area (Å²) in [6.45, 7) is 8.08. The number of hydrogen-bond donors (Lipinski definition) is 1. The summed E-state index contributed by atoms with van der Waals surface area (Å²) in [5.74, 6) is 0.160. The third-order valence-corrected chi connectivity index (χ3v) is 5.06. The summed E-state index contributed by atoms with van der Waals surface area (Å²) in [6.07, 6.45) is 0. The van der Waals surface area contributed by atoms with Crippen LogP contribution in [0.1, 0.15) is 27.2 Å². The van der Waals surface area contributed by atoms with Gasteiger partial charge in [-0.3, -0.25) is 9.69 Å². The molecule has 0 aliphatic carbocycles. The summed E-state index contributed by atoms with van der Waals surface area (Å²) < 4.78 is 11.3. The molecule has 140 valence electrons. The van der Waals surface area contributed by atoms with Crippen LogP contribution in [0.4, 0.5) is 5.69 Å². The molecule has 2 heterocycles. The number of furan rings is 1. The fraction of sp³-hybridized carbons (Fsp3) is 0.318. The molecule has 1 amide bonds. The molecule has 0 atom stereocenters. The van der Waals surface area contributed by atoms with Gasteiger partial charge in [0.15, 0.2) is 5.76 Å². The number of amides is 1. The molecule has 0 unspecified atom stereocenters. The second kappa shape index (κ2) is 7.55. The zero-order valence-corrected chi connectivity index (χ0v) is 15.7. The number of fused-ring (bicyclic) bond motifs is 1. The smallest absolute Gasteiger partial charge is 0.291 e. The fourth-order valence-electron chi connectivity index (χ4n) is 3.51. The monoisotopic (exact) mass is 364 g/mol. The summed E-state index contributed by atoms with van der Waals surface area (Å²) in [5, 5.41) is 4.03. The highest BCUT2D eigenvalue weighted by molar-refractivity contribution is 6.06. The van der Waals surface area contributed by atoms with E-state index in [0.29, 0.717) is 5.76 Å². The van der Waals surface area contributed by atoms with Gasteiger partial charge in [-0.2, -0.15) is 0 Å². The molecule has 1 fully saturated rings. The average molecular weight is 364 g/mol. The largest absolute Gasteiger partial charge is 0.451 e. The van der Waals surface area contributed by atoms with E-state index in [2.05, 4.69) is 22.3 Å². The van der Waals surface area contributed by atoms with E-state index in [9.17, 15) is 4.79 Å².